The van der Waals surface area contributed by atoms with Crippen LogP contribution in [0.1, 0.15) is 40.2 Å². The molecule has 2 heterocycles. The van der Waals surface area contributed by atoms with Crippen molar-refractivity contribution in [1.82, 2.24) is 9.78 Å². The molecule has 0 aliphatic heterocycles. The first-order valence-corrected chi connectivity index (χ1v) is 10.9. The number of aromatic nitrogens is 2. The first kappa shape index (κ1) is 21.4. The number of aromatic hydroxyl groups is 1. The van der Waals surface area contributed by atoms with Gasteiger partial charge in [0.25, 0.3) is 5.56 Å². The van der Waals surface area contributed by atoms with Crippen LogP contribution in [0.2, 0.25) is 0 Å². The summed E-state index contributed by atoms with van der Waals surface area (Å²) >= 11 is 0. The smallest absolute Gasteiger partial charge is 0.371 e. The first-order valence-electron chi connectivity index (χ1n) is 10.9. The molecule has 0 fully saturated rings. The predicted octanol–water partition coefficient (Wildman–Crippen LogP) is 5.43. The summed E-state index contributed by atoms with van der Waals surface area (Å²) < 4.78 is 6.72. The summed E-state index contributed by atoms with van der Waals surface area (Å²) in [5, 5.41) is 31.0. The Balaban J connectivity index is 1.47. The van der Waals surface area contributed by atoms with Gasteiger partial charge in [-0.05, 0) is 80.1 Å². The van der Waals surface area contributed by atoms with Crippen LogP contribution in [0.25, 0.3) is 17.0 Å². The molecule has 9 heteroatoms. The molecule has 0 saturated heterocycles. The summed E-state index contributed by atoms with van der Waals surface area (Å²) in [4.78, 5) is 24.1. The average molecular weight is 458 g/mol. The number of phenols is 1. The predicted molar refractivity (Wildman–Crippen MR) is 125 cm³/mol. The minimum absolute atomic E-state index is 0.117. The number of aryl methyl sites for hydroxylation is 3. The van der Waals surface area contributed by atoms with Gasteiger partial charge in [-0.3, -0.25) is 9.89 Å². The molecule has 4 aromatic rings. The number of hydrogen-bond acceptors (Lipinski definition) is 6. The van der Waals surface area contributed by atoms with Gasteiger partial charge in [-0.1, -0.05) is 12.1 Å². The fourth-order valence-corrected chi connectivity index (χ4v) is 4.21. The van der Waals surface area contributed by atoms with Gasteiger partial charge in [0.15, 0.2) is 11.4 Å². The third kappa shape index (κ3) is 3.81. The first-order chi connectivity index (χ1) is 16.4. The van der Waals surface area contributed by atoms with E-state index >= 15 is 0 Å². The molecule has 0 amide bonds. The molecule has 1 aliphatic rings. The Kier molecular flexibility index (Phi) is 5.37. The highest BCUT2D eigenvalue weighted by molar-refractivity contribution is 5.85. The number of carboxylic acids is 1. The van der Waals surface area contributed by atoms with E-state index in [4.69, 9.17) is 9.52 Å². The topological polar surface area (TPSA) is 133 Å². The van der Waals surface area contributed by atoms with Gasteiger partial charge in [0.2, 0.25) is 5.76 Å². The molecular formula is C25H22N4O5. The highest BCUT2D eigenvalue weighted by atomic mass is 16.4. The van der Waals surface area contributed by atoms with Gasteiger partial charge in [0.05, 0.1) is 16.9 Å². The van der Waals surface area contributed by atoms with E-state index in [1.54, 1.807) is 19.1 Å². The Morgan fingerprint density at radius 1 is 1.06 bits per heavy atom. The minimum atomic E-state index is -1.21. The molecule has 0 bridgehead atoms. The number of aromatic amines is 1. The van der Waals surface area contributed by atoms with E-state index in [1.807, 2.05) is 12.1 Å². The van der Waals surface area contributed by atoms with Crippen molar-refractivity contribution in [3.8, 4) is 22.8 Å². The summed E-state index contributed by atoms with van der Waals surface area (Å²) in [6, 6.07) is 13.5. The number of benzene rings is 2. The standard InChI is InChI=1S/C25H22N4O5/c1-14-22(24(31)29(28-14)17-10-9-15-5-2-3-6-16(15)13-17)27-26-19-8-4-7-18(23(19)30)20-11-12-21(34-20)25(32)33/h4,7-13,28,30H,2-3,5-6H2,1H3,(H,32,33). The summed E-state index contributed by atoms with van der Waals surface area (Å²) in [6.07, 6.45) is 4.40. The Morgan fingerprint density at radius 3 is 2.62 bits per heavy atom. The Hall–Kier alpha value is -4.40. The molecule has 1 aliphatic carbocycles. The van der Waals surface area contributed by atoms with E-state index in [9.17, 15) is 14.7 Å². The van der Waals surface area contributed by atoms with Crippen molar-refractivity contribution in [2.24, 2.45) is 10.2 Å². The molecule has 34 heavy (non-hydrogen) atoms. The van der Waals surface area contributed by atoms with E-state index in [1.165, 1.54) is 40.4 Å². The number of furan rings is 1. The second-order valence-electron chi connectivity index (χ2n) is 8.23. The number of para-hydroxylation sites is 1. The summed E-state index contributed by atoms with van der Waals surface area (Å²) in [5.74, 6) is -1.51. The molecule has 0 radical (unpaired) electrons. The minimum Gasteiger partial charge on any atom is -0.505 e. The van der Waals surface area contributed by atoms with E-state index < -0.39 is 5.97 Å². The normalized spacial score (nSPS) is 13.3. The summed E-state index contributed by atoms with van der Waals surface area (Å²) in [5.41, 5.74) is 4.04. The maximum absolute atomic E-state index is 13.1. The van der Waals surface area contributed by atoms with Crippen LogP contribution in [0.5, 0.6) is 5.75 Å². The Bertz CT molecular complexity index is 1490. The van der Waals surface area contributed by atoms with Gasteiger partial charge in [0.1, 0.15) is 11.4 Å². The molecule has 2 aromatic heterocycles. The molecule has 5 rings (SSSR count). The zero-order valence-electron chi connectivity index (χ0n) is 18.4. The maximum atomic E-state index is 13.1. The van der Waals surface area contributed by atoms with E-state index in [0.29, 0.717) is 5.69 Å². The zero-order valence-corrected chi connectivity index (χ0v) is 18.4. The van der Waals surface area contributed by atoms with Crippen LogP contribution < -0.4 is 5.56 Å². The van der Waals surface area contributed by atoms with E-state index in [-0.39, 0.29) is 39.8 Å². The van der Waals surface area contributed by atoms with Crippen LogP contribution in [0.4, 0.5) is 11.4 Å². The number of H-pyrrole nitrogens is 1. The van der Waals surface area contributed by atoms with Crippen LogP contribution in [-0.4, -0.2) is 26.0 Å². The van der Waals surface area contributed by atoms with Gasteiger partial charge >= 0.3 is 5.97 Å². The second kappa shape index (κ2) is 8.51. The number of fused-ring (bicyclic) bond motifs is 1. The van der Waals surface area contributed by atoms with Crippen molar-refractivity contribution >= 4 is 17.3 Å². The third-order valence-corrected chi connectivity index (χ3v) is 5.99. The fraction of sp³-hybridized carbons (Fsp3) is 0.200. The SMILES string of the molecule is Cc1[nH]n(-c2ccc3c(c2)CCCC3)c(=O)c1N=Nc1cccc(-c2ccc(C(=O)O)o2)c1O. The van der Waals surface area contributed by atoms with Crippen LogP contribution in [-0.2, 0) is 12.8 Å². The number of carboxylic acid groups (broad SMARTS) is 1. The molecule has 3 N–H and O–H groups in total. The number of nitrogens with one attached hydrogen (secondary N) is 1. The van der Waals surface area contributed by atoms with Crippen LogP contribution in [0, 0.1) is 6.92 Å². The van der Waals surface area contributed by atoms with Crippen molar-refractivity contribution in [1.29, 1.82) is 0 Å². The molecule has 0 spiro atoms. The monoisotopic (exact) mass is 458 g/mol. The second-order valence-corrected chi connectivity index (χ2v) is 8.23. The zero-order chi connectivity index (χ0) is 23.8. The molecular weight excluding hydrogens is 436 g/mol. The molecule has 9 nitrogen and oxygen atoms in total. The number of nitrogens with zero attached hydrogens (tertiary/aromatic N) is 3. The molecule has 172 valence electrons. The number of azo groups is 1. The van der Waals surface area contributed by atoms with Gasteiger partial charge in [-0.25, -0.2) is 9.48 Å². The number of rotatable bonds is 5. The van der Waals surface area contributed by atoms with Crippen molar-refractivity contribution in [3.63, 3.8) is 0 Å². The van der Waals surface area contributed by atoms with Crippen LogP contribution >= 0.6 is 0 Å². The number of phenolic OH excluding ortho intramolecular Hbond substituents is 1. The lowest BCUT2D eigenvalue weighted by Crippen LogP contribution is -2.15. The molecule has 0 atom stereocenters. The lowest BCUT2D eigenvalue weighted by atomic mass is 9.91. The maximum Gasteiger partial charge on any atom is 0.371 e. The quantitative estimate of drug-likeness (QED) is 0.343. The molecule has 2 aromatic carbocycles. The van der Waals surface area contributed by atoms with Crippen LogP contribution in [0.15, 0.2) is 68.0 Å². The highest BCUT2D eigenvalue weighted by Crippen LogP contribution is 2.38. The van der Waals surface area contributed by atoms with Crippen molar-refractivity contribution < 1.29 is 19.4 Å². The lowest BCUT2D eigenvalue weighted by molar-refractivity contribution is 0.0663. The number of carbonyl (C=O) groups is 1. The van der Waals surface area contributed by atoms with Gasteiger partial charge in [-0.15, -0.1) is 10.2 Å². The molecule has 0 saturated carbocycles. The largest absolute Gasteiger partial charge is 0.505 e. The lowest BCUT2D eigenvalue weighted by Gasteiger charge is -2.16. The highest BCUT2D eigenvalue weighted by Gasteiger charge is 2.17. The van der Waals surface area contributed by atoms with E-state index in [2.05, 4.69) is 21.4 Å². The summed E-state index contributed by atoms with van der Waals surface area (Å²) in [6.45, 7) is 1.73. The Labute approximate surface area is 194 Å². The molecule has 0 unspecified atom stereocenters. The Morgan fingerprint density at radius 2 is 1.85 bits per heavy atom. The van der Waals surface area contributed by atoms with Crippen molar-refractivity contribution in [2.45, 2.75) is 32.6 Å². The van der Waals surface area contributed by atoms with Gasteiger partial charge < -0.3 is 14.6 Å². The average Bonchev–Trinajstić information content (AvgIpc) is 3.43. The van der Waals surface area contributed by atoms with Crippen molar-refractivity contribution in [2.75, 3.05) is 0 Å². The van der Waals surface area contributed by atoms with Gasteiger partial charge in [0, 0.05) is 0 Å². The summed E-state index contributed by atoms with van der Waals surface area (Å²) in [7, 11) is 0. The number of hydrogen-bond donors (Lipinski definition) is 3. The third-order valence-electron chi connectivity index (χ3n) is 5.99. The van der Waals surface area contributed by atoms with Gasteiger partial charge in [-0.2, -0.15) is 0 Å². The number of aromatic carboxylic acids is 1. The van der Waals surface area contributed by atoms with E-state index in [0.717, 1.165) is 24.9 Å². The van der Waals surface area contributed by atoms with Crippen molar-refractivity contribution in [3.05, 3.63) is 81.5 Å². The fourth-order valence-electron chi connectivity index (χ4n) is 4.21. The van der Waals surface area contributed by atoms with Crippen LogP contribution in [0.3, 0.4) is 0 Å².